The van der Waals surface area contributed by atoms with Crippen LogP contribution in [0, 0.1) is 0 Å². The molecule has 3 heterocycles. The van der Waals surface area contributed by atoms with Crippen LogP contribution in [0.4, 0.5) is 0 Å². The third-order valence-corrected chi connectivity index (χ3v) is 5.14. The van der Waals surface area contributed by atoms with Crippen LogP contribution in [0.3, 0.4) is 0 Å². The summed E-state index contributed by atoms with van der Waals surface area (Å²) in [7, 11) is 0. The lowest BCUT2D eigenvalue weighted by Gasteiger charge is -2.34. The van der Waals surface area contributed by atoms with Crippen molar-refractivity contribution in [1.29, 1.82) is 0 Å². The molecule has 2 aromatic heterocycles. The van der Waals surface area contributed by atoms with Crippen molar-refractivity contribution in [3.63, 3.8) is 0 Å². The van der Waals surface area contributed by atoms with Gasteiger partial charge in [0.05, 0.1) is 6.26 Å². The lowest BCUT2D eigenvalue weighted by Crippen LogP contribution is -2.48. The molecular formula is C18H23N3O3S. The van der Waals surface area contributed by atoms with E-state index < -0.39 is 0 Å². The van der Waals surface area contributed by atoms with E-state index in [-0.39, 0.29) is 11.8 Å². The Bertz CT molecular complexity index is 662. The minimum atomic E-state index is -0.236. The number of thiophene rings is 1. The fourth-order valence-electron chi connectivity index (χ4n) is 2.87. The topological polar surface area (TPSA) is 65.8 Å². The van der Waals surface area contributed by atoms with Gasteiger partial charge in [-0.05, 0) is 30.0 Å². The number of furan rings is 1. The van der Waals surface area contributed by atoms with Gasteiger partial charge in [-0.1, -0.05) is 6.07 Å². The number of nitrogens with zero attached hydrogens (tertiary/aromatic N) is 2. The predicted octanol–water partition coefficient (Wildman–Crippen LogP) is 2.20. The highest BCUT2D eigenvalue weighted by Gasteiger charge is 2.21. The quantitative estimate of drug-likeness (QED) is 0.768. The predicted molar refractivity (Wildman–Crippen MR) is 96.5 cm³/mol. The molecule has 1 N–H and O–H groups in total. The van der Waals surface area contributed by atoms with Gasteiger partial charge < -0.3 is 14.6 Å². The number of nitrogens with one attached hydrogen (secondary N) is 1. The first-order chi connectivity index (χ1) is 12.2. The molecule has 134 valence electrons. The zero-order valence-electron chi connectivity index (χ0n) is 14.1. The molecule has 0 bridgehead atoms. The Kier molecular flexibility index (Phi) is 6.25. The lowest BCUT2D eigenvalue weighted by molar-refractivity contribution is -0.133. The summed E-state index contributed by atoms with van der Waals surface area (Å²) in [6.07, 6.45) is 2.57. The molecule has 0 spiro atoms. The van der Waals surface area contributed by atoms with Crippen LogP contribution < -0.4 is 5.32 Å². The molecule has 0 atom stereocenters. The molecule has 1 fully saturated rings. The Morgan fingerprint density at radius 3 is 2.68 bits per heavy atom. The third kappa shape index (κ3) is 5.17. The maximum atomic E-state index is 12.3. The highest BCUT2D eigenvalue weighted by Crippen LogP contribution is 2.14. The van der Waals surface area contributed by atoms with Crippen molar-refractivity contribution in [2.24, 2.45) is 0 Å². The highest BCUT2D eigenvalue weighted by molar-refractivity contribution is 7.09. The van der Waals surface area contributed by atoms with Gasteiger partial charge in [0, 0.05) is 50.6 Å². The molecule has 25 heavy (non-hydrogen) atoms. The van der Waals surface area contributed by atoms with Crippen LogP contribution >= 0.6 is 11.3 Å². The maximum Gasteiger partial charge on any atom is 0.286 e. The SMILES string of the molecule is O=C(NCCCC(=O)N1CCN(Cc2cccs2)CC1)c1ccco1. The summed E-state index contributed by atoms with van der Waals surface area (Å²) in [5.41, 5.74) is 0. The Balaban J connectivity index is 1.31. The monoisotopic (exact) mass is 361 g/mol. The Labute approximate surface area is 151 Å². The first-order valence-electron chi connectivity index (χ1n) is 8.56. The minimum Gasteiger partial charge on any atom is -0.459 e. The van der Waals surface area contributed by atoms with E-state index in [0.717, 1.165) is 32.7 Å². The zero-order valence-corrected chi connectivity index (χ0v) is 15.0. The van der Waals surface area contributed by atoms with Crippen LogP contribution in [-0.4, -0.2) is 54.3 Å². The largest absolute Gasteiger partial charge is 0.459 e. The van der Waals surface area contributed by atoms with Gasteiger partial charge in [0.25, 0.3) is 5.91 Å². The smallest absolute Gasteiger partial charge is 0.286 e. The molecule has 1 aliphatic rings. The Morgan fingerprint density at radius 2 is 2.00 bits per heavy atom. The van der Waals surface area contributed by atoms with Gasteiger partial charge in [-0.25, -0.2) is 0 Å². The van der Waals surface area contributed by atoms with Crippen molar-refractivity contribution >= 4 is 23.2 Å². The van der Waals surface area contributed by atoms with Crippen molar-refractivity contribution in [3.05, 3.63) is 46.5 Å². The first-order valence-corrected chi connectivity index (χ1v) is 9.44. The van der Waals surface area contributed by atoms with E-state index in [9.17, 15) is 9.59 Å². The Morgan fingerprint density at radius 1 is 1.16 bits per heavy atom. The number of carbonyl (C=O) groups excluding carboxylic acids is 2. The maximum absolute atomic E-state index is 12.3. The summed E-state index contributed by atoms with van der Waals surface area (Å²) in [6, 6.07) is 7.52. The molecule has 1 saturated heterocycles. The van der Waals surface area contributed by atoms with E-state index in [1.807, 2.05) is 4.90 Å². The van der Waals surface area contributed by atoms with Gasteiger partial charge in [-0.2, -0.15) is 0 Å². The standard InChI is InChI=1S/C18H23N3O3S/c22-17(6-1-7-19-18(23)16-5-2-12-24-16)21-10-8-20(9-11-21)14-15-4-3-13-25-15/h2-5,12-13H,1,6-11,14H2,(H,19,23). The van der Waals surface area contributed by atoms with Gasteiger partial charge in [0.15, 0.2) is 5.76 Å². The van der Waals surface area contributed by atoms with E-state index >= 15 is 0 Å². The number of carbonyl (C=O) groups is 2. The van der Waals surface area contributed by atoms with Crippen molar-refractivity contribution in [1.82, 2.24) is 15.1 Å². The fourth-order valence-corrected chi connectivity index (χ4v) is 3.62. The van der Waals surface area contributed by atoms with Crippen LogP contribution in [0.2, 0.25) is 0 Å². The number of hydrogen-bond acceptors (Lipinski definition) is 5. The molecule has 6 nitrogen and oxygen atoms in total. The van der Waals surface area contributed by atoms with E-state index in [2.05, 4.69) is 27.7 Å². The molecule has 3 rings (SSSR count). The summed E-state index contributed by atoms with van der Waals surface area (Å²) >= 11 is 1.78. The molecule has 1 aliphatic heterocycles. The van der Waals surface area contributed by atoms with Crippen LogP contribution in [0.25, 0.3) is 0 Å². The van der Waals surface area contributed by atoms with Gasteiger partial charge >= 0.3 is 0 Å². The summed E-state index contributed by atoms with van der Waals surface area (Å²) in [4.78, 5) is 29.7. The number of amides is 2. The molecule has 2 aromatic rings. The van der Waals surface area contributed by atoms with E-state index in [1.165, 1.54) is 11.1 Å². The van der Waals surface area contributed by atoms with Gasteiger partial charge in [-0.15, -0.1) is 11.3 Å². The molecular weight excluding hydrogens is 338 g/mol. The van der Waals surface area contributed by atoms with Crippen LogP contribution in [-0.2, 0) is 11.3 Å². The average Bonchev–Trinajstić information content (AvgIpc) is 3.32. The van der Waals surface area contributed by atoms with Gasteiger partial charge in [-0.3, -0.25) is 14.5 Å². The van der Waals surface area contributed by atoms with Crippen LogP contribution in [0.5, 0.6) is 0 Å². The second kappa shape index (κ2) is 8.82. The fraction of sp³-hybridized carbons (Fsp3) is 0.444. The zero-order chi connectivity index (χ0) is 17.5. The lowest BCUT2D eigenvalue weighted by atomic mass is 10.2. The second-order valence-electron chi connectivity index (χ2n) is 6.07. The minimum absolute atomic E-state index is 0.169. The molecule has 0 aromatic carbocycles. The van der Waals surface area contributed by atoms with Gasteiger partial charge in [0.2, 0.25) is 5.91 Å². The average molecular weight is 361 g/mol. The van der Waals surface area contributed by atoms with Crippen molar-refractivity contribution in [2.45, 2.75) is 19.4 Å². The van der Waals surface area contributed by atoms with Gasteiger partial charge in [0.1, 0.15) is 0 Å². The molecule has 0 unspecified atom stereocenters. The third-order valence-electron chi connectivity index (χ3n) is 4.28. The van der Waals surface area contributed by atoms with Crippen LogP contribution in [0.15, 0.2) is 40.3 Å². The molecule has 2 amide bonds. The number of piperazine rings is 1. The number of hydrogen-bond donors (Lipinski definition) is 1. The summed E-state index contributed by atoms with van der Waals surface area (Å²) < 4.78 is 5.02. The highest BCUT2D eigenvalue weighted by atomic mass is 32.1. The summed E-state index contributed by atoms with van der Waals surface area (Å²) in [5, 5.41) is 4.86. The summed E-state index contributed by atoms with van der Waals surface area (Å²) in [5.74, 6) is 0.232. The van der Waals surface area contributed by atoms with E-state index in [4.69, 9.17) is 4.42 Å². The van der Waals surface area contributed by atoms with E-state index in [0.29, 0.717) is 25.1 Å². The molecule has 0 saturated carbocycles. The molecule has 7 heteroatoms. The first kappa shape index (κ1) is 17.7. The molecule has 0 aliphatic carbocycles. The normalized spacial score (nSPS) is 15.3. The van der Waals surface area contributed by atoms with Crippen molar-refractivity contribution < 1.29 is 14.0 Å². The van der Waals surface area contributed by atoms with E-state index in [1.54, 1.807) is 23.5 Å². The van der Waals surface area contributed by atoms with Crippen molar-refractivity contribution in [3.8, 4) is 0 Å². The molecule has 0 radical (unpaired) electrons. The number of rotatable bonds is 7. The van der Waals surface area contributed by atoms with Crippen molar-refractivity contribution in [2.75, 3.05) is 32.7 Å². The Hall–Kier alpha value is -2.12. The van der Waals surface area contributed by atoms with Crippen LogP contribution in [0.1, 0.15) is 28.3 Å². The summed E-state index contributed by atoms with van der Waals surface area (Å²) in [6.45, 7) is 4.84. The second-order valence-corrected chi connectivity index (χ2v) is 7.11.